The van der Waals surface area contributed by atoms with Crippen LogP contribution in [0.25, 0.3) is 10.9 Å². The Labute approximate surface area is 198 Å². The average molecular weight is 529 g/mol. The summed E-state index contributed by atoms with van der Waals surface area (Å²) in [5.74, 6) is 0.574. The number of benzene rings is 3. The van der Waals surface area contributed by atoms with Crippen molar-refractivity contribution in [3.8, 4) is 5.75 Å². The summed E-state index contributed by atoms with van der Waals surface area (Å²) in [5.41, 5.74) is 2.12. The molecule has 1 aromatic heterocycles. The van der Waals surface area contributed by atoms with Crippen LogP contribution in [0, 0.1) is 17.0 Å². The predicted molar refractivity (Wildman–Crippen MR) is 128 cm³/mol. The third kappa shape index (κ3) is 4.39. The van der Waals surface area contributed by atoms with E-state index in [1.54, 1.807) is 49.6 Å². The molecule has 0 saturated carbocycles. The number of halogens is 1. The summed E-state index contributed by atoms with van der Waals surface area (Å²) in [6.45, 7) is 1.84. The van der Waals surface area contributed by atoms with E-state index in [9.17, 15) is 18.5 Å². The van der Waals surface area contributed by atoms with Crippen molar-refractivity contribution in [1.82, 2.24) is 0 Å². The van der Waals surface area contributed by atoms with Gasteiger partial charge < -0.3 is 4.74 Å². The first kappa shape index (κ1) is 22.7. The Balaban J connectivity index is 2.01. The van der Waals surface area contributed by atoms with E-state index in [1.165, 1.54) is 28.6 Å². The van der Waals surface area contributed by atoms with E-state index in [1.807, 2.05) is 13.0 Å². The zero-order valence-corrected chi connectivity index (χ0v) is 20.1. The van der Waals surface area contributed by atoms with Gasteiger partial charge in [-0.1, -0.05) is 15.9 Å². The van der Waals surface area contributed by atoms with Gasteiger partial charge in [-0.25, -0.2) is 17.7 Å². The van der Waals surface area contributed by atoms with Crippen molar-refractivity contribution in [2.45, 2.75) is 11.8 Å². The van der Waals surface area contributed by atoms with E-state index in [4.69, 9.17) is 4.74 Å². The zero-order chi connectivity index (χ0) is 23.8. The van der Waals surface area contributed by atoms with Crippen LogP contribution in [0.2, 0.25) is 0 Å². The number of hydrogen-bond acceptors (Lipinski definition) is 5. The number of methoxy groups -OCH3 is 1. The second-order valence-electron chi connectivity index (χ2n) is 7.25. The topological polar surface area (TPSA) is 104 Å². The average Bonchev–Trinajstić information content (AvgIpc) is 2.80. The number of anilines is 2. The van der Waals surface area contributed by atoms with Gasteiger partial charge in [0, 0.05) is 35.7 Å². The van der Waals surface area contributed by atoms with E-state index in [2.05, 4.69) is 20.9 Å². The molecule has 0 spiro atoms. The fraction of sp³-hybridized carbons (Fsp3) is 0.0870. The normalized spacial score (nSPS) is 11.4. The molecule has 8 nitrogen and oxygen atoms in total. The first-order chi connectivity index (χ1) is 15.7. The number of ether oxygens (including phenoxy) is 1. The number of H-pyrrole nitrogens is 1. The number of non-ortho nitro benzene ring substituents is 1. The van der Waals surface area contributed by atoms with Crippen LogP contribution < -0.4 is 14.0 Å². The number of pyridine rings is 1. The lowest BCUT2D eigenvalue weighted by atomic mass is 10.1. The molecular formula is C23H19BrN3O5S+. The van der Waals surface area contributed by atoms with E-state index < -0.39 is 14.9 Å². The Hall–Kier alpha value is -3.50. The number of nitro groups is 1. The van der Waals surface area contributed by atoms with Crippen molar-refractivity contribution in [2.24, 2.45) is 0 Å². The fourth-order valence-electron chi connectivity index (χ4n) is 3.50. The summed E-state index contributed by atoms with van der Waals surface area (Å²) in [6.07, 6.45) is 0. The van der Waals surface area contributed by atoms with Gasteiger partial charge in [0.1, 0.15) is 5.75 Å². The number of aryl methyl sites for hydroxylation is 1. The van der Waals surface area contributed by atoms with E-state index in [-0.39, 0.29) is 10.6 Å². The van der Waals surface area contributed by atoms with Gasteiger partial charge in [0.25, 0.3) is 15.7 Å². The number of aromatic amines is 1. The predicted octanol–water partition coefficient (Wildman–Crippen LogP) is 5.17. The molecule has 0 aliphatic rings. The van der Waals surface area contributed by atoms with Crippen LogP contribution in [0.4, 0.5) is 17.1 Å². The molecule has 0 aliphatic heterocycles. The van der Waals surface area contributed by atoms with Crippen LogP contribution in [0.3, 0.4) is 0 Å². The summed E-state index contributed by atoms with van der Waals surface area (Å²) < 4.78 is 35.2. The Kier molecular flexibility index (Phi) is 6.05. The van der Waals surface area contributed by atoms with Crippen LogP contribution in [0.1, 0.15) is 5.69 Å². The summed E-state index contributed by atoms with van der Waals surface area (Å²) in [7, 11) is -2.61. The van der Waals surface area contributed by atoms with Crippen molar-refractivity contribution >= 4 is 53.9 Å². The first-order valence-electron chi connectivity index (χ1n) is 9.77. The fourth-order valence-corrected chi connectivity index (χ4v) is 5.26. The number of rotatable bonds is 6. The van der Waals surface area contributed by atoms with Gasteiger partial charge in [-0.2, -0.15) is 0 Å². The highest BCUT2D eigenvalue weighted by molar-refractivity contribution is 9.10. The number of aromatic nitrogens is 1. The van der Waals surface area contributed by atoms with Gasteiger partial charge in [-0.15, -0.1) is 0 Å². The standard InChI is InChI=1S/C23H18BrN3O5S/c1-15-13-23(21-14-19(32-2)9-12-22(21)25-15)26(17-5-3-16(24)4-6-17)33(30,31)20-10-7-18(8-11-20)27(28)29/h3-14H,1-2H3/p+1. The van der Waals surface area contributed by atoms with Gasteiger partial charge in [-0.3, -0.25) is 10.1 Å². The molecule has 1 N–H and O–H groups in total. The van der Waals surface area contributed by atoms with Crippen LogP contribution in [0.15, 0.2) is 82.2 Å². The highest BCUT2D eigenvalue weighted by atomic mass is 79.9. The molecule has 0 fully saturated rings. The number of hydrogen-bond donors (Lipinski definition) is 0. The Bertz CT molecular complexity index is 1460. The van der Waals surface area contributed by atoms with E-state index >= 15 is 0 Å². The van der Waals surface area contributed by atoms with E-state index in [0.29, 0.717) is 22.5 Å². The zero-order valence-electron chi connectivity index (χ0n) is 17.7. The Morgan fingerprint density at radius 3 is 2.27 bits per heavy atom. The molecule has 10 heteroatoms. The molecule has 3 aromatic carbocycles. The molecule has 1 heterocycles. The molecule has 4 aromatic rings. The van der Waals surface area contributed by atoms with Crippen LogP contribution in [0.5, 0.6) is 5.75 Å². The first-order valence-corrected chi connectivity index (χ1v) is 12.0. The molecular weight excluding hydrogens is 510 g/mol. The molecule has 0 bridgehead atoms. The maximum absolute atomic E-state index is 13.9. The second kappa shape index (κ2) is 8.80. The molecule has 0 amide bonds. The monoisotopic (exact) mass is 528 g/mol. The van der Waals surface area contributed by atoms with Crippen LogP contribution in [-0.4, -0.2) is 20.5 Å². The lowest BCUT2D eigenvalue weighted by molar-refractivity contribution is -0.384. The minimum atomic E-state index is -4.15. The van der Waals surface area contributed by atoms with Crippen LogP contribution >= 0.6 is 15.9 Å². The molecule has 0 aliphatic carbocycles. The van der Waals surface area contributed by atoms with Gasteiger partial charge in [0.05, 0.1) is 33.7 Å². The number of fused-ring (bicyclic) bond motifs is 1. The third-order valence-electron chi connectivity index (χ3n) is 5.05. The number of nitrogens with zero attached hydrogens (tertiary/aromatic N) is 2. The SMILES string of the molecule is COc1ccc2[nH+]c(C)cc(N(c3ccc(Br)cc3)S(=O)(=O)c3ccc([N+](=O)[O-])cc3)c2c1. The lowest BCUT2D eigenvalue weighted by Gasteiger charge is -2.25. The van der Waals surface area contributed by atoms with Crippen molar-refractivity contribution in [2.75, 3.05) is 11.4 Å². The summed E-state index contributed by atoms with van der Waals surface area (Å²) in [5, 5.41) is 11.7. The molecule has 0 radical (unpaired) electrons. The van der Waals surface area contributed by atoms with E-state index in [0.717, 1.165) is 15.7 Å². The number of nitrogens with one attached hydrogen (secondary N) is 1. The van der Waals surface area contributed by atoms with Gasteiger partial charge in [0.15, 0.2) is 5.69 Å². The van der Waals surface area contributed by atoms with Gasteiger partial charge in [0.2, 0.25) is 5.52 Å². The van der Waals surface area contributed by atoms with Crippen molar-refractivity contribution < 1.29 is 23.1 Å². The van der Waals surface area contributed by atoms with Crippen molar-refractivity contribution in [3.05, 3.63) is 93.1 Å². The van der Waals surface area contributed by atoms with Gasteiger partial charge >= 0.3 is 0 Å². The molecule has 168 valence electrons. The number of sulfonamides is 1. The maximum Gasteiger partial charge on any atom is 0.269 e. The maximum atomic E-state index is 13.9. The van der Waals surface area contributed by atoms with Crippen molar-refractivity contribution in [1.29, 1.82) is 0 Å². The minimum Gasteiger partial charge on any atom is -0.497 e. The number of nitro benzene ring substituents is 1. The molecule has 0 unspecified atom stereocenters. The highest BCUT2D eigenvalue weighted by Crippen LogP contribution is 2.38. The quantitative estimate of drug-likeness (QED) is 0.253. The smallest absolute Gasteiger partial charge is 0.269 e. The van der Waals surface area contributed by atoms with Crippen molar-refractivity contribution in [3.63, 3.8) is 0 Å². The molecule has 33 heavy (non-hydrogen) atoms. The molecule has 0 atom stereocenters. The second-order valence-corrected chi connectivity index (χ2v) is 9.95. The highest BCUT2D eigenvalue weighted by Gasteiger charge is 2.30. The Morgan fingerprint density at radius 2 is 1.67 bits per heavy atom. The third-order valence-corrected chi connectivity index (χ3v) is 7.34. The van der Waals surface area contributed by atoms with Gasteiger partial charge in [-0.05, 0) is 48.5 Å². The molecule has 4 rings (SSSR count). The molecule has 0 saturated heterocycles. The summed E-state index contributed by atoms with van der Waals surface area (Å²) in [6, 6.07) is 18.8. The lowest BCUT2D eigenvalue weighted by Crippen LogP contribution is -2.27. The summed E-state index contributed by atoms with van der Waals surface area (Å²) >= 11 is 3.38. The van der Waals surface area contributed by atoms with Crippen LogP contribution in [-0.2, 0) is 10.0 Å². The summed E-state index contributed by atoms with van der Waals surface area (Å²) in [4.78, 5) is 13.6. The minimum absolute atomic E-state index is 0.0717. The largest absolute Gasteiger partial charge is 0.497 e. The Morgan fingerprint density at radius 1 is 1.00 bits per heavy atom.